The van der Waals surface area contributed by atoms with Crippen LogP contribution in [0.3, 0.4) is 0 Å². The molecule has 7 nitrogen and oxygen atoms in total. The van der Waals surface area contributed by atoms with Gasteiger partial charge in [0.2, 0.25) is 5.88 Å². The van der Waals surface area contributed by atoms with Gasteiger partial charge in [-0.15, -0.1) is 0 Å². The molecule has 7 heteroatoms. The van der Waals surface area contributed by atoms with Gasteiger partial charge in [-0.25, -0.2) is 9.97 Å². The summed E-state index contributed by atoms with van der Waals surface area (Å²) < 4.78 is 5.91. The minimum Gasteiger partial charge on any atom is -0.477 e. The molecule has 4 rings (SSSR count). The van der Waals surface area contributed by atoms with Gasteiger partial charge in [-0.2, -0.15) is 5.10 Å². The van der Waals surface area contributed by atoms with Crippen molar-refractivity contribution in [1.29, 1.82) is 0 Å². The fraction of sp³-hybridized carbons (Fsp3) is 0.300. The van der Waals surface area contributed by atoms with E-state index in [0.717, 1.165) is 37.2 Å². The molecule has 138 valence electrons. The Balaban J connectivity index is 1.30. The molecule has 0 saturated carbocycles. The van der Waals surface area contributed by atoms with E-state index in [-0.39, 0.29) is 5.91 Å². The van der Waals surface area contributed by atoms with Crippen LogP contribution in [-0.4, -0.2) is 50.7 Å². The molecule has 1 fully saturated rings. The third kappa shape index (κ3) is 4.13. The van der Waals surface area contributed by atoms with Crippen molar-refractivity contribution >= 4 is 5.91 Å². The number of ether oxygens (including phenoxy) is 1. The summed E-state index contributed by atoms with van der Waals surface area (Å²) in [5, 5.41) is 6.52. The normalized spacial score (nSPS) is 14.9. The fourth-order valence-electron chi connectivity index (χ4n) is 3.24. The second kappa shape index (κ2) is 7.99. The highest BCUT2D eigenvalue weighted by molar-refractivity contribution is 5.93. The summed E-state index contributed by atoms with van der Waals surface area (Å²) in [5.74, 6) is 1.03. The number of aromatic amines is 1. The van der Waals surface area contributed by atoms with Gasteiger partial charge in [0.15, 0.2) is 0 Å². The number of H-pyrrole nitrogens is 1. The van der Waals surface area contributed by atoms with Gasteiger partial charge in [0.25, 0.3) is 5.91 Å². The van der Waals surface area contributed by atoms with Crippen molar-refractivity contribution in [3.05, 3.63) is 60.7 Å². The zero-order chi connectivity index (χ0) is 18.5. The molecule has 3 heterocycles. The summed E-state index contributed by atoms with van der Waals surface area (Å²) in [6.07, 6.45) is 6.57. The van der Waals surface area contributed by atoms with E-state index in [1.54, 1.807) is 12.4 Å². The van der Waals surface area contributed by atoms with E-state index in [1.807, 2.05) is 41.3 Å². The lowest BCUT2D eigenvalue weighted by atomic mass is 9.97. The van der Waals surface area contributed by atoms with Gasteiger partial charge in [0, 0.05) is 30.9 Å². The lowest BCUT2D eigenvalue weighted by Gasteiger charge is -2.31. The highest BCUT2D eigenvalue weighted by Gasteiger charge is 2.24. The Hall–Kier alpha value is -3.22. The maximum absolute atomic E-state index is 12.3. The van der Waals surface area contributed by atoms with E-state index < -0.39 is 0 Å². The minimum atomic E-state index is 0.0337. The topological polar surface area (TPSA) is 84.0 Å². The molecule has 1 saturated heterocycles. The SMILES string of the molecule is O=C(c1cn[nH]c1)N1CCC(COc2cc(-c3ccccc3)ncn2)CC1. The van der Waals surface area contributed by atoms with Crippen LogP contribution in [0, 0.1) is 5.92 Å². The number of carbonyl (C=O) groups excluding carboxylic acids is 1. The molecule has 0 atom stereocenters. The highest BCUT2D eigenvalue weighted by Crippen LogP contribution is 2.22. The van der Waals surface area contributed by atoms with Crippen LogP contribution in [0.1, 0.15) is 23.2 Å². The molecule has 1 amide bonds. The first-order valence-electron chi connectivity index (χ1n) is 9.08. The second-order valence-electron chi connectivity index (χ2n) is 6.64. The Morgan fingerprint density at radius 3 is 2.74 bits per heavy atom. The predicted octanol–water partition coefficient (Wildman–Crippen LogP) is 2.80. The summed E-state index contributed by atoms with van der Waals surface area (Å²) in [5.41, 5.74) is 2.50. The van der Waals surface area contributed by atoms with Gasteiger partial charge < -0.3 is 9.64 Å². The predicted molar refractivity (Wildman–Crippen MR) is 100 cm³/mol. The number of piperidine rings is 1. The lowest BCUT2D eigenvalue weighted by molar-refractivity contribution is 0.0659. The van der Waals surface area contributed by atoms with Crippen molar-refractivity contribution in [3.63, 3.8) is 0 Å². The van der Waals surface area contributed by atoms with Gasteiger partial charge in [-0.1, -0.05) is 30.3 Å². The molecular weight excluding hydrogens is 342 g/mol. The smallest absolute Gasteiger partial charge is 0.257 e. The van der Waals surface area contributed by atoms with Crippen LogP contribution in [0.5, 0.6) is 5.88 Å². The van der Waals surface area contributed by atoms with Gasteiger partial charge in [0.1, 0.15) is 6.33 Å². The van der Waals surface area contributed by atoms with Crippen LogP contribution in [0.25, 0.3) is 11.3 Å². The van der Waals surface area contributed by atoms with Crippen LogP contribution >= 0.6 is 0 Å². The monoisotopic (exact) mass is 363 g/mol. The number of aromatic nitrogens is 4. The van der Waals surface area contributed by atoms with E-state index >= 15 is 0 Å². The van der Waals surface area contributed by atoms with Crippen molar-refractivity contribution in [3.8, 4) is 17.1 Å². The summed E-state index contributed by atoms with van der Waals surface area (Å²) in [7, 11) is 0. The van der Waals surface area contributed by atoms with Crippen LogP contribution in [0.2, 0.25) is 0 Å². The van der Waals surface area contributed by atoms with Crippen LogP contribution in [-0.2, 0) is 0 Å². The Kier molecular flexibility index (Phi) is 5.09. The molecule has 27 heavy (non-hydrogen) atoms. The average molecular weight is 363 g/mol. The van der Waals surface area contributed by atoms with E-state index in [4.69, 9.17) is 4.74 Å². The Morgan fingerprint density at radius 1 is 1.19 bits per heavy atom. The number of nitrogens with zero attached hydrogens (tertiary/aromatic N) is 4. The van der Waals surface area contributed by atoms with Crippen molar-refractivity contribution < 1.29 is 9.53 Å². The zero-order valence-corrected chi connectivity index (χ0v) is 14.9. The molecule has 2 aromatic heterocycles. The maximum Gasteiger partial charge on any atom is 0.257 e. The molecule has 3 aromatic rings. The minimum absolute atomic E-state index is 0.0337. The first-order valence-corrected chi connectivity index (χ1v) is 9.08. The molecular formula is C20H21N5O2. The molecule has 0 aliphatic carbocycles. The van der Waals surface area contributed by atoms with E-state index in [0.29, 0.717) is 24.0 Å². The average Bonchev–Trinajstić information content (AvgIpc) is 3.28. The lowest BCUT2D eigenvalue weighted by Crippen LogP contribution is -2.39. The molecule has 0 spiro atoms. The number of amides is 1. The number of rotatable bonds is 5. The first-order chi connectivity index (χ1) is 13.3. The van der Waals surface area contributed by atoms with Crippen molar-refractivity contribution in [1.82, 2.24) is 25.1 Å². The summed E-state index contributed by atoms with van der Waals surface area (Å²) >= 11 is 0. The standard InChI is InChI=1S/C20H21N5O2/c26-20(17-11-23-24-12-17)25-8-6-15(7-9-25)13-27-19-10-18(21-14-22-19)16-4-2-1-3-5-16/h1-5,10-12,14-15H,6-9,13H2,(H,23,24). The number of hydrogen-bond donors (Lipinski definition) is 1. The molecule has 1 aliphatic heterocycles. The second-order valence-corrected chi connectivity index (χ2v) is 6.64. The van der Waals surface area contributed by atoms with Gasteiger partial charge in [0.05, 0.1) is 24.1 Å². The number of benzene rings is 1. The van der Waals surface area contributed by atoms with Gasteiger partial charge >= 0.3 is 0 Å². The quantitative estimate of drug-likeness (QED) is 0.753. The third-order valence-corrected chi connectivity index (χ3v) is 4.83. The Morgan fingerprint density at radius 2 is 2.00 bits per heavy atom. The first kappa shape index (κ1) is 17.2. The van der Waals surface area contributed by atoms with E-state index in [9.17, 15) is 4.79 Å². The molecule has 1 N–H and O–H groups in total. The largest absolute Gasteiger partial charge is 0.477 e. The summed E-state index contributed by atoms with van der Waals surface area (Å²) in [6, 6.07) is 11.8. The Labute approximate surface area is 157 Å². The molecule has 1 aromatic carbocycles. The molecule has 0 radical (unpaired) electrons. The number of carbonyl (C=O) groups is 1. The van der Waals surface area contributed by atoms with Crippen LogP contribution in [0.4, 0.5) is 0 Å². The maximum atomic E-state index is 12.3. The summed E-state index contributed by atoms with van der Waals surface area (Å²) in [4.78, 5) is 22.7. The van der Waals surface area contributed by atoms with E-state index in [2.05, 4.69) is 20.2 Å². The third-order valence-electron chi connectivity index (χ3n) is 4.83. The summed E-state index contributed by atoms with van der Waals surface area (Å²) in [6.45, 7) is 2.06. The van der Waals surface area contributed by atoms with Crippen LogP contribution < -0.4 is 4.74 Å². The fourth-order valence-corrected chi connectivity index (χ4v) is 3.24. The Bertz CT molecular complexity index is 874. The number of nitrogens with one attached hydrogen (secondary N) is 1. The van der Waals surface area contributed by atoms with Gasteiger partial charge in [-0.3, -0.25) is 9.89 Å². The molecule has 0 unspecified atom stereocenters. The number of hydrogen-bond acceptors (Lipinski definition) is 5. The molecule has 0 bridgehead atoms. The van der Waals surface area contributed by atoms with E-state index in [1.165, 1.54) is 6.33 Å². The highest BCUT2D eigenvalue weighted by atomic mass is 16.5. The van der Waals surface area contributed by atoms with Crippen molar-refractivity contribution in [2.24, 2.45) is 5.92 Å². The molecule has 1 aliphatic rings. The zero-order valence-electron chi connectivity index (χ0n) is 14.9. The van der Waals surface area contributed by atoms with Crippen molar-refractivity contribution in [2.75, 3.05) is 19.7 Å². The number of likely N-dealkylation sites (tertiary alicyclic amines) is 1. The van der Waals surface area contributed by atoms with Crippen LogP contribution in [0.15, 0.2) is 55.1 Å². The van der Waals surface area contributed by atoms with Crippen molar-refractivity contribution in [2.45, 2.75) is 12.8 Å². The van der Waals surface area contributed by atoms with Gasteiger partial charge in [-0.05, 0) is 18.8 Å².